The molecule has 0 aliphatic rings. The minimum atomic E-state index is -3.19. The summed E-state index contributed by atoms with van der Waals surface area (Å²) in [5.41, 5.74) is 0. The zero-order valence-corrected chi connectivity index (χ0v) is 10.2. The Morgan fingerprint density at radius 2 is 1.93 bits per heavy atom. The van der Waals surface area contributed by atoms with E-state index in [1.165, 1.54) is 12.1 Å². The molecule has 1 aromatic carbocycles. The molecule has 0 heterocycles. The van der Waals surface area contributed by atoms with Crippen molar-refractivity contribution in [1.82, 2.24) is 0 Å². The average molecular weight is 296 g/mol. The fraction of sp³-hybridized carbons (Fsp3) is 0.222. The van der Waals surface area contributed by atoms with Gasteiger partial charge >= 0.3 is 4.16 Å². The van der Waals surface area contributed by atoms with Crippen LogP contribution in [0, 0.1) is 0 Å². The van der Waals surface area contributed by atoms with Gasteiger partial charge in [0, 0.05) is 38.4 Å². The molecule has 1 unspecified atom stereocenters. The van der Waals surface area contributed by atoms with E-state index in [2.05, 4.69) is 20.3 Å². The summed E-state index contributed by atoms with van der Waals surface area (Å²) < 4.78 is 26.4. The molecule has 15 heavy (non-hydrogen) atoms. The van der Waals surface area contributed by atoms with Gasteiger partial charge in [-0.25, -0.2) is 0 Å². The van der Waals surface area contributed by atoms with Gasteiger partial charge in [0.2, 0.25) is 5.91 Å². The van der Waals surface area contributed by atoms with Crippen LogP contribution in [0.25, 0.3) is 0 Å². The fourth-order valence-corrected chi connectivity index (χ4v) is 2.84. The minimum Gasteiger partial charge on any atom is -0.272 e. The maximum absolute atomic E-state index is 13.1. The van der Waals surface area contributed by atoms with Gasteiger partial charge in [-0.3, -0.25) is 4.79 Å². The molecule has 0 fully saturated rings. The molecule has 0 saturated heterocycles. The second-order valence-corrected chi connectivity index (χ2v) is 5.91. The van der Waals surface area contributed by atoms with Gasteiger partial charge in [-0.1, -0.05) is 18.2 Å². The van der Waals surface area contributed by atoms with Gasteiger partial charge in [0.1, 0.15) is 0 Å². The normalized spacial score (nSPS) is 13.9. The van der Waals surface area contributed by atoms with Crippen molar-refractivity contribution in [1.29, 1.82) is 0 Å². The predicted octanol–water partition coefficient (Wildman–Crippen LogP) is 3.34. The molecule has 0 bridgehead atoms. The first-order chi connectivity index (χ1) is 6.91. The molecule has 0 aliphatic heterocycles. The van der Waals surface area contributed by atoms with E-state index in [4.69, 9.17) is 0 Å². The molecule has 0 aromatic heterocycles. The first-order valence-electron chi connectivity index (χ1n) is 4.00. The quantitative estimate of drug-likeness (QED) is 0.770. The van der Waals surface area contributed by atoms with Gasteiger partial charge in [0.15, 0.2) is 0 Å². The molecule has 0 aliphatic carbocycles. The van der Waals surface area contributed by atoms with Crippen LogP contribution in [-0.2, 0) is 15.5 Å². The molecule has 82 valence electrons. The molecule has 6 heteroatoms. The van der Waals surface area contributed by atoms with E-state index < -0.39 is 20.8 Å². The Bertz CT molecular complexity index is 389. The van der Waals surface area contributed by atoms with Crippen molar-refractivity contribution in [3.63, 3.8) is 0 Å². The van der Waals surface area contributed by atoms with Crippen molar-refractivity contribution >= 4 is 32.5 Å². The van der Waals surface area contributed by atoms with Crippen LogP contribution in [0.3, 0.4) is 0 Å². The molecule has 1 aromatic rings. The highest BCUT2D eigenvalue weighted by Crippen LogP contribution is 2.32. The summed E-state index contributed by atoms with van der Waals surface area (Å²) in [5, 5.41) is 0. The average Bonchev–Trinajstić information content (AvgIpc) is 2.14. The van der Waals surface area contributed by atoms with Crippen LogP contribution in [0.1, 0.15) is 6.92 Å². The van der Waals surface area contributed by atoms with Gasteiger partial charge in [-0.2, -0.15) is 13.1 Å². The smallest absolute Gasteiger partial charge is 0.272 e. The number of carbonyl (C=O) groups is 1. The van der Waals surface area contributed by atoms with E-state index in [1.807, 2.05) is 0 Å². The van der Waals surface area contributed by atoms with Gasteiger partial charge in [-0.05, 0) is 12.1 Å². The van der Waals surface area contributed by atoms with E-state index in [0.29, 0.717) is 4.90 Å². The number of nitrogens with zero attached hydrogens (tertiary/aromatic N) is 1. The summed E-state index contributed by atoms with van der Waals surface area (Å²) in [6.07, 6.45) is 0. The lowest BCUT2D eigenvalue weighted by Crippen LogP contribution is -2.15. The number of alkyl halides is 3. The molecule has 2 nitrogen and oxygen atoms in total. The third-order valence-corrected chi connectivity index (χ3v) is 3.92. The van der Waals surface area contributed by atoms with E-state index in [9.17, 15) is 13.6 Å². The second kappa shape index (κ2) is 4.94. The van der Waals surface area contributed by atoms with Gasteiger partial charge in [0.25, 0.3) is 0 Å². The van der Waals surface area contributed by atoms with Crippen LogP contribution in [-0.4, -0.2) is 10.1 Å². The summed E-state index contributed by atoms with van der Waals surface area (Å²) in [7, 11) is -1.78. The Hall–Kier alpha value is -0.620. The lowest BCUT2D eigenvalue weighted by atomic mass is 10.4. The predicted molar refractivity (Wildman–Crippen MR) is 59.1 cm³/mol. The Kier molecular flexibility index (Phi) is 4.10. The molecule has 1 rings (SSSR count). The van der Waals surface area contributed by atoms with E-state index in [0.717, 1.165) is 6.92 Å². The number of hydrogen-bond acceptors (Lipinski definition) is 1. The Labute approximate surface area is 96.9 Å². The van der Waals surface area contributed by atoms with Crippen molar-refractivity contribution in [2.45, 2.75) is 16.0 Å². The maximum atomic E-state index is 13.1. The van der Waals surface area contributed by atoms with Crippen LogP contribution in [0.4, 0.5) is 8.78 Å². The summed E-state index contributed by atoms with van der Waals surface area (Å²) in [6.45, 7) is 1.15. The zero-order chi connectivity index (χ0) is 11.5. The molecule has 0 N–H and O–H groups in total. The van der Waals surface area contributed by atoms with E-state index >= 15 is 0 Å². The van der Waals surface area contributed by atoms with Crippen molar-refractivity contribution in [2.75, 3.05) is 0 Å². The van der Waals surface area contributed by atoms with Crippen LogP contribution in [0.2, 0.25) is 0 Å². The Balaban J connectivity index is 3.20. The zero-order valence-electron chi connectivity index (χ0n) is 7.78. The highest BCUT2D eigenvalue weighted by Gasteiger charge is 2.32. The fourth-order valence-electron chi connectivity index (χ4n) is 0.916. The summed E-state index contributed by atoms with van der Waals surface area (Å²) in [6, 6.07) is 8.01. The molecule has 0 saturated carbocycles. The first-order valence-corrected chi connectivity index (χ1v) is 5.97. The van der Waals surface area contributed by atoms with Crippen molar-refractivity contribution in [3.05, 3.63) is 30.3 Å². The molecule has 1 amide bonds. The number of hydrogen-bond donors (Lipinski definition) is 0. The Morgan fingerprint density at radius 3 is 2.33 bits per heavy atom. The monoisotopic (exact) mass is 295 g/mol. The second-order valence-electron chi connectivity index (χ2n) is 2.65. The van der Waals surface area contributed by atoms with E-state index in [1.54, 1.807) is 18.2 Å². The lowest BCUT2D eigenvalue weighted by Gasteiger charge is -2.12. The SMILES string of the molecule is CC(=O)N=S(c1ccccc1)C(F)(F)Br. The van der Waals surface area contributed by atoms with Crippen LogP contribution >= 0.6 is 15.9 Å². The first kappa shape index (κ1) is 12.4. The van der Waals surface area contributed by atoms with Crippen molar-refractivity contribution in [3.8, 4) is 0 Å². The maximum Gasteiger partial charge on any atom is 0.363 e. The van der Waals surface area contributed by atoms with Gasteiger partial charge in [-0.15, -0.1) is 0 Å². The third kappa shape index (κ3) is 3.79. The minimum absolute atomic E-state index is 0.328. The summed E-state index contributed by atoms with van der Waals surface area (Å²) >= 11 is 2.24. The number of carbonyl (C=O) groups excluding carboxylic acids is 1. The van der Waals surface area contributed by atoms with Crippen LogP contribution in [0.15, 0.2) is 39.6 Å². The lowest BCUT2D eigenvalue weighted by molar-refractivity contribution is -0.115. The number of benzene rings is 1. The molecule has 0 radical (unpaired) electrons. The largest absolute Gasteiger partial charge is 0.363 e. The standard InChI is InChI=1S/C9H8BrF2NOS/c1-7(14)13-15(9(10,11)12)8-5-3-2-4-6-8/h2-6H,1H3. The van der Waals surface area contributed by atoms with E-state index in [-0.39, 0.29) is 0 Å². The highest BCUT2D eigenvalue weighted by molar-refractivity contribution is 9.11. The topological polar surface area (TPSA) is 29.4 Å². The van der Waals surface area contributed by atoms with Crippen LogP contribution < -0.4 is 0 Å². The molecule has 0 spiro atoms. The Morgan fingerprint density at radius 1 is 1.40 bits per heavy atom. The van der Waals surface area contributed by atoms with Gasteiger partial charge < -0.3 is 0 Å². The van der Waals surface area contributed by atoms with Gasteiger partial charge in [0.05, 0.1) is 0 Å². The molecular weight excluding hydrogens is 288 g/mol. The molecular formula is C9H8BrF2NOS. The summed E-state index contributed by atoms with van der Waals surface area (Å²) in [5.74, 6) is -0.610. The number of rotatable bonds is 2. The number of halogens is 3. The number of amides is 1. The highest BCUT2D eigenvalue weighted by atomic mass is 79.9. The van der Waals surface area contributed by atoms with Crippen molar-refractivity contribution in [2.24, 2.45) is 4.36 Å². The van der Waals surface area contributed by atoms with Crippen LogP contribution in [0.5, 0.6) is 0 Å². The summed E-state index contributed by atoms with van der Waals surface area (Å²) in [4.78, 5) is 11.1. The third-order valence-electron chi connectivity index (χ3n) is 1.41. The molecule has 1 atom stereocenters. The van der Waals surface area contributed by atoms with Crippen molar-refractivity contribution < 1.29 is 13.6 Å².